The molecule has 0 saturated carbocycles. The molecule has 9 heteroatoms. The minimum Gasteiger partial charge on any atom is -0.342 e. The Hall–Kier alpha value is -3.49. The van der Waals surface area contributed by atoms with Gasteiger partial charge in [0.05, 0.1) is 12.6 Å². The molecule has 8 nitrogen and oxygen atoms in total. The molecule has 0 spiro atoms. The Morgan fingerprint density at radius 1 is 1.24 bits per heavy atom. The van der Waals surface area contributed by atoms with Crippen molar-refractivity contribution in [2.24, 2.45) is 0 Å². The van der Waals surface area contributed by atoms with E-state index in [4.69, 9.17) is 0 Å². The average Bonchev–Trinajstić information content (AvgIpc) is 3.20. The molecule has 1 amide bonds. The molecule has 1 aliphatic heterocycles. The lowest BCUT2D eigenvalue weighted by Crippen LogP contribution is -2.41. The maximum Gasteiger partial charge on any atom is 0.325 e. The standard InChI is InChI=1S/C20H20FN5O3/c21-15-5-3-12(4-6-15)16-10-23-25-18(16)13-2-1-7-26(11-13)17(27)8-14-9-22-20(29)24-19(14)28/h3-6,9-10,13H,1-2,7-8,11H2,(H,23,25)(H2,22,24,28,29)/t13-/m0/s1. The Morgan fingerprint density at radius 3 is 2.79 bits per heavy atom. The number of rotatable bonds is 4. The van der Waals surface area contributed by atoms with Gasteiger partial charge in [-0.25, -0.2) is 9.18 Å². The van der Waals surface area contributed by atoms with Crippen LogP contribution in [0.4, 0.5) is 4.39 Å². The van der Waals surface area contributed by atoms with Crippen molar-refractivity contribution in [3.8, 4) is 11.1 Å². The van der Waals surface area contributed by atoms with Crippen molar-refractivity contribution in [2.45, 2.75) is 25.2 Å². The summed E-state index contributed by atoms with van der Waals surface area (Å²) in [6.45, 7) is 1.10. The van der Waals surface area contributed by atoms with Crippen LogP contribution in [0.1, 0.15) is 30.0 Å². The molecule has 1 aliphatic rings. The van der Waals surface area contributed by atoms with Crippen LogP contribution in [-0.4, -0.2) is 44.1 Å². The third-order valence-electron chi connectivity index (χ3n) is 5.24. The Morgan fingerprint density at radius 2 is 2.03 bits per heavy atom. The summed E-state index contributed by atoms with van der Waals surface area (Å²) in [5.74, 6) is -0.412. The number of benzene rings is 1. The molecular weight excluding hydrogens is 377 g/mol. The van der Waals surface area contributed by atoms with Crippen LogP contribution >= 0.6 is 0 Å². The highest BCUT2D eigenvalue weighted by Gasteiger charge is 2.28. The smallest absolute Gasteiger partial charge is 0.325 e. The number of aromatic nitrogens is 4. The molecule has 0 bridgehead atoms. The number of hydrogen-bond donors (Lipinski definition) is 3. The lowest BCUT2D eigenvalue weighted by molar-refractivity contribution is -0.131. The number of aromatic amines is 3. The van der Waals surface area contributed by atoms with E-state index >= 15 is 0 Å². The molecule has 3 aromatic rings. The fraction of sp³-hybridized carbons (Fsp3) is 0.300. The Labute approximate surface area is 164 Å². The van der Waals surface area contributed by atoms with Gasteiger partial charge in [0.15, 0.2) is 0 Å². The highest BCUT2D eigenvalue weighted by atomic mass is 19.1. The predicted octanol–water partition coefficient (Wildman–Crippen LogP) is 1.54. The van der Waals surface area contributed by atoms with Crippen molar-refractivity contribution >= 4 is 5.91 Å². The number of amides is 1. The molecule has 0 unspecified atom stereocenters. The first-order valence-electron chi connectivity index (χ1n) is 9.39. The number of carbonyl (C=O) groups is 1. The van der Waals surface area contributed by atoms with Crippen molar-refractivity contribution in [1.29, 1.82) is 0 Å². The second kappa shape index (κ2) is 7.86. The maximum absolute atomic E-state index is 13.2. The van der Waals surface area contributed by atoms with Gasteiger partial charge >= 0.3 is 5.69 Å². The first-order chi connectivity index (χ1) is 14.0. The van der Waals surface area contributed by atoms with E-state index < -0.39 is 11.2 Å². The third kappa shape index (κ3) is 4.03. The van der Waals surface area contributed by atoms with Gasteiger partial charge in [0, 0.05) is 42.0 Å². The molecule has 4 rings (SSSR count). The molecule has 150 valence electrons. The number of halogens is 1. The van der Waals surface area contributed by atoms with Crippen LogP contribution in [0.15, 0.2) is 46.2 Å². The first kappa shape index (κ1) is 18.9. The molecular formula is C20H20FN5O3. The normalized spacial score (nSPS) is 16.7. The zero-order valence-corrected chi connectivity index (χ0v) is 15.6. The van der Waals surface area contributed by atoms with Crippen LogP contribution in [0.25, 0.3) is 11.1 Å². The SMILES string of the molecule is O=C(Cc1c[nH]c(=O)[nH]c1=O)N1CCC[C@H](c2[nH]ncc2-c2ccc(F)cc2)C1. The van der Waals surface area contributed by atoms with Crippen LogP contribution < -0.4 is 11.2 Å². The maximum atomic E-state index is 13.2. The second-order valence-corrected chi connectivity index (χ2v) is 7.16. The lowest BCUT2D eigenvalue weighted by Gasteiger charge is -2.32. The molecule has 29 heavy (non-hydrogen) atoms. The number of nitrogens with zero attached hydrogens (tertiary/aromatic N) is 2. The van der Waals surface area contributed by atoms with Crippen molar-refractivity contribution < 1.29 is 9.18 Å². The van der Waals surface area contributed by atoms with Crippen LogP contribution in [0.5, 0.6) is 0 Å². The minimum atomic E-state index is -0.600. The molecule has 0 radical (unpaired) electrons. The van der Waals surface area contributed by atoms with Gasteiger partial charge in [0.1, 0.15) is 5.82 Å². The summed E-state index contributed by atoms with van der Waals surface area (Å²) in [5.41, 5.74) is 1.74. The summed E-state index contributed by atoms with van der Waals surface area (Å²) in [4.78, 5) is 42.0. The molecule has 3 N–H and O–H groups in total. The van der Waals surface area contributed by atoms with E-state index in [9.17, 15) is 18.8 Å². The average molecular weight is 397 g/mol. The van der Waals surface area contributed by atoms with Gasteiger partial charge in [-0.3, -0.25) is 19.7 Å². The number of nitrogens with one attached hydrogen (secondary N) is 3. The third-order valence-corrected chi connectivity index (χ3v) is 5.24. The summed E-state index contributed by atoms with van der Waals surface area (Å²) < 4.78 is 13.2. The summed E-state index contributed by atoms with van der Waals surface area (Å²) in [6.07, 6.45) is 4.62. The van der Waals surface area contributed by atoms with E-state index in [0.717, 1.165) is 29.7 Å². The Kier molecular flexibility index (Phi) is 5.11. The van der Waals surface area contributed by atoms with Gasteiger partial charge < -0.3 is 9.88 Å². The summed E-state index contributed by atoms with van der Waals surface area (Å²) >= 11 is 0. The Bertz CT molecular complexity index is 1130. The minimum absolute atomic E-state index is 0.0594. The quantitative estimate of drug-likeness (QED) is 0.619. The van der Waals surface area contributed by atoms with E-state index in [-0.39, 0.29) is 29.6 Å². The van der Waals surface area contributed by atoms with Gasteiger partial charge in [0.2, 0.25) is 5.91 Å². The van der Waals surface area contributed by atoms with Crippen molar-refractivity contribution in [1.82, 2.24) is 25.1 Å². The zero-order chi connectivity index (χ0) is 20.4. The molecule has 3 heterocycles. The van der Waals surface area contributed by atoms with E-state index in [1.54, 1.807) is 23.2 Å². The summed E-state index contributed by atoms with van der Waals surface area (Å²) in [7, 11) is 0. The summed E-state index contributed by atoms with van der Waals surface area (Å²) in [6, 6.07) is 6.23. The molecule has 1 fully saturated rings. The number of carbonyl (C=O) groups excluding carboxylic acids is 1. The molecule has 2 aromatic heterocycles. The van der Waals surface area contributed by atoms with E-state index in [1.807, 2.05) is 0 Å². The molecule has 1 saturated heterocycles. The van der Waals surface area contributed by atoms with Gasteiger partial charge in [0.25, 0.3) is 5.56 Å². The monoisotopic (exact) mass is 397 g/mol. The fourth-order valence-electron chi connectivity index (χ4n) is 3.75. The van der Waals surface area contributed by atoms with Gasteiger partial charge in [-0.05, 0) is 30.5 Å². The highest BCUT2D eigenvalue weighted by molar-refractivity contribution is 5.79. The number of piperidine rings is 1. The zero-order valence-electron chi connectivity index (χ0n) is 15.6. The van der Waals surface area contributed by atoms with Crippen LogP contribution in [-0.2, 0) is 11.2 Å². The lowest BCUT2D eigenvalue weighted by atomic mass is 9.90. The Balaban J connectivity index is 1.51. The largest absolute Gasteiger partial charge is 0.342 e. The first-order valence-corrected chi connectivity index (χ1v) is 9.39. The fourth-order valence-corrected chi connectivity index (χ4v) is 3.75. The van der Waals surface area contributed by atoms with Gasteiger partial charge in [-0.15, -0.1) is 0 Å². The molecule has 0 aliphatic carbocycles. The predicted molar refractivity (Wildman–Crippen MR) is 104 cm³/mol. The topological polar surface area (TPSA) is 115 Å². The number of hydrogen-bond acceptors (Lipinski definition) is 4. The molecule has 1 aromatic carbocycles. The van der Waals surface area contributed by atoms with Crippen molar-refractivity contribution in [2.75, 3.05) is 13.1 Å². The van der Waals surface area contributed by atoms with Crippen molar-refractivity contribution in [3.05, 3.63) is 74.6 Å². The highest BCUT2D eigenvalue weighted by Crippen LogP contribution is 2.33. The van der Waals surface area contributed by atoms with E-state index in [2.05, 4.69) is 20.2 Å². The van der Waals surface area contributed by atoms with Crippen LogP contribution in [0.2, 0.25) is 0 Å². The van der Waals surface area contributed by atoms with E-state index in [0.29, 0.717) is 13.1 Å². The summed E-state index contributed by atoms with van der Waals surface area (Å²) in [5, 5.41) is 7.19. The number of H-pyrrole nitrogens is 3. The molecule has 1 atom stereocenters. The van der Waals surface area contributed by atoms with Gasteiger partial charge in [-0.2, -0.15) is 5.10 Å². The van der Waals surface area contributed by atoms with E-state index in [1.165, 1.54) is 18.3 Å². The second-order valence-electron chi connectivity index (χ2n) is 7.16. The van der Waals surface area contributed by atoms with Crippen molar-refractivity contribution in [3.63, 3.8) is 0 Å². The van der Waals surface area contributed by atoms with Gasteiger partial charge in [-0.1, -0.05) is 12.1 Å². The van der Waals surface area contributed by atoms with Crippen LogP contribution in [0.3, 0.4) is 0 Å². The van der Waals surface area contributed by atoms with Crippen LogP contribution in [0, 0.1) is 5.82 Å². The number of likely N-dealkylation sites (tertiary alicyclic amines) is 1.